The van der Waals surface area contributed by atoms with Gasteiger partial charge in [-0.05, 0) is 35.8 Å². The fraction of sp³-hybridized carbons (Fsp3) is 0.214. The van der Waals surface area contributed by atoms with Gasteiger partial charge in [0.15, 0.2) is 0 Å². The van der Waals surface area contributed by atoms with E-state index in [1.165, 1.54) is 23.8 Å². The molecule has 1 aliphatic rings. The SMILES string of the molecule is NNC(N)=Nc1ccc(C2CC2)c2ccccc12. The highest BCUT2D eigenvalue weighted by molar-refractivity contribution is 5.97. The van der Waals surface area contributed by atoms with Gasteiger partial charge in [-0.1, -0.05) is 30.3 Å². The van der Waals surface area contributed by atoms with Gasteiger partial charge >= 0.3 is 0 Å². The van der Waals surface area contributed by atoms with E-state index in [4.69, 9.17) is 11.6 Å². The van der Waals surface area contributed by atoms with Crippen LogP contribution in [0.1, 0.15) is 24.3 Å². The van der Waals surface area contributed by atoms with Crippen LogP contribution in [-0.2, 0) is 0 Å². The zero-order chi connectivity index (χ0) is 12.5. The van der Waals surface area contributed by atoms with Gasteiger partial charge in [-0.15, -0.1) is 0 Å². The number of benzene rings is 2. The van der Waals surface area contributed by atoms with E-state index in [0.29, 0.717) is 0 Å². The molecule has 1 fully saturated rings. The van der Waals surface area contributed by atoms with Crippen molar-refractivity contribution in [1.29, 1.82) is 0 Å². The Morgan fingerprint density at radius 2 is 1.83 bits per heavy atom. The average Bonchev–Trinajstić information content (AvgIpc) is 3.23. The summed E-state index contributed by atoms with van der Waals surface area (Å²) in [4.78, 5) is 4.28. The number of nitrogens with zero attached hydrogens (tertiary/aromatic N) is 1. The van der Waals surface area contributed by atoms with Crippen molar-refractivity contribution in [3.05, 3.63) is 42.0 Å². The van der Waals surface area contributed by atoms with Crippen LogP contribution in [0, 0.1) is 0 Å². The first-order chi connectivity index (χ1) is 8.79. The van der Waals surface area contributed by atoms with Gasteiger partial charge in [0.05, 0.1) is 5.69 Å². The predicted octanol–water partition coefficient (Wildman–Crippen LogP) is 2.13. The third-order valence-electron chi connectivity index (χ3n) is 3.34. The Balaban J connectivity index is 2.19. The van der Waals surface area contributed by atoms with Crippen molar-refractivity contribution in [1.82, 2.24) is 5.43 Å². The van der Waals surface area contributed by atoms with Crippen LogP contribution < -0.4 is 17.0 Å². The molecule has 18 heavy (non-hydrogen) atoms. The summed E-state index contributed by atoms with van der Waals surface area (Å²) < 4.78 is 0. The minimum absolute atomic E-state index is 0.222. The minimum atomic E-state index is 0.222. The predicted molar refractivity (Wildman–Crippen MR) is 74.5 cm³/mol. The van der Waals surface area contributed by atoms with E-state index < -0.39 is 0 Å². The molecule has 92 valence electrons. The summed E-state index contributed by atoms with van der Waals surface area (Å²) >= 11 is 0. The number of nitrogens with two attached hydrogens (primary N) is 2. The van der Waals surface area contributed by atoms with Crippen molar-refractivity contribution in [2.45, 2.75) is 18.8 Å². The monoisotopic (exact) mass is 240 g/mol. The van der Waals surface area contributed by atoms with E-state index >= 15 is 0 Å². The van der Waals surface area contributed by atoms with Gasteiger partial charge in [-0.3, -0.25) is 5.43 Å². The van der Waals surface area contributed by atoms with Gasteiger partial charge < -0.3 is 5.73 Å². The number of aliphatic imine (C=N–C) groups is 1. The van der Waals surface area contributed by atoms with Crippen LogP contribution in [-0.4, -0.2) is 5.96 Å². The van der Waals surface area contributed by atoms with E-state index in [1.54, 1.807) is 0 Å². The van der Waals surface area contributed by atoms with E-state index in [0.717, 1.165) is 17.0 Å². The Hall–Kier alpha value is -2.07. The van der Waals surface area contributed by atoms with Crippen molar-refractivity contribution < 1.29 is 0 Å². The lowest BCUT2D eigenvalue weighted by molar-refractivity contribution is 1.01. The summed E-state index contributed by atoms with van der Waals surface area (Å²) in [6.45, 7) is 0. The van der Waals surface area contributed by atoms with E-state index in [2.05, 4.69) is 34.7 Å². The summed E-state index contributed by atoms with van der Waals surface area (Å²) in [5.41, 5.74) is 10.2. The highest BCUT2D eigenvalue weighted by atomic mass is 15.3. The molecule has 0 aliphatic heterocycles. The average molecular weight is 240 g/mol. The summed E-state index contributed by atoms with van der Waals surface area (Å²) in [5.74, 6) is 6.19. The molecular formula is C14H16N4. The van der Waals surface area contributed by atoms with E-state index in [-0.39, 0.29) is 5.96 Å². The van der Waals surface area contributed by atoms with E-state index in [1.807, 2.05) is 12.1 Å². The molecule has 4 nitrogen and oxygen atoms in total. The highest BCUT2D eigenvalue weighted by Gasteiger charge is 2.25. The normalized spacial score (nSPS) is 15.9. The van der Waals surface area contributed by atoms with Crippen molar-refractivity contribution in [3.63, 3.8) is 0 Å². The van der Waals surface area contributed by atoms with Gasteiger partial charge in [-0.2, -0.15) is 0 Å². The van der Waals surface area contributed by atoms with Crippen LogP contribution in [0.15, 0.2) is 41.4 Å². The van der Waals surface area contributed by atoms with Crippen molar-refractivity contribution in [2.24, 2.45) is 16.6 Å². The zero-order valence-corrected chi connectivity index (χ0v) is 10.1. The summed E-state index contributed by atoms with van der Waals surface area (Å²) in [6.07, 6.45) is 2.58. The smallest absolute Gasteiger partial charge is 0.208 e. The first-order valence-corrected chi connectivity index (χ1v) is 6.12. The lowest BCUT2D eigenvalue weighted by Gasteiger charge is -2.08. The molecule has 0 heterocycles. The molecule has 0 saturated heterocycles. The number of hydrazine groups is 1. The van der Waals surface area contributed by atoms with Crippen LogP contribution in [0.5, 0.6) is 0 Å². The first-order valence-electron chi connectivity index (χ1n) is 6.12. The molecule has 2 aromatic rings. The van der Waals surface area contributed by atoms with Crippen LogP contribution in [0.25, 0.3) is 10.8 Å². The lowest BCUT2D eigenvalue weighted by atomic mass is 10.00. The van der Waals surface area contributed by atoms with Crippen LogP contribution in [0.3, 0.4) is 0 Å². The number of nitrogens with one attached hydrogen (secondary N) is 1. The number of hydrogen-bond acceptors (Lipinski definition) is 2. The number of rotatable bonds is 2. The van der Waals surface area contributed by atoms with Crippen LogP contribution in [0.4, 0.5) is 5.69 Å². The Morgan fingerprint density at radius 1 is 1.11 bits per heavy atom. The van der Waals surface area contributed by atoms with Gasteiger partial charge in [0.1, 0.15) is 0 Å². The largest absolute Gasteiger partial charge is 0.369 e. The molecule has 0 amide bonds. The fourth-order valence-corrected chi connectivity index (χ4v) is 2.32. The second-order valence-corrected chi connectivity index (χ2v) is 4.64. The molecule has 0 unspecified atom stereocenters. The quantitative estimate of drug-likeness (QED) is 0.326. The maximum Gasteiger partial charge on any atom is 0.208 e. The molecule has 0 radical (unpaired) electrons. The molecule has 4 heteroatoms. The molecule has 0 atom stereocenters. The maximum atomic E-state index is 5.62. The molecule has 1 aliphatic carbocycles. The highest BCUT2D eigenvalue weighted by Crippen LogP contribution is 2.44. The van der Waals surface area contributed by atoms with Gasteiger partial charge in [0.2, 0.25) is 5.96 Å². The topological polar surface area (TPSA) is 76.4 Å². The van der Waals surface area contributed by atoms with Crippen molar-refractivity contribution >= 4 is 22.4 Å². The number of guanidine groups is 1. The molecule has 0 aromatic heterocycles. The fourth-order valence-electron chi connectivity index (χ4n) is 2.32. The number of fused-ring (bicyclic) bond motifs is 1. The molecule has 0 bridgehead atoms. The maximum absolute atomic E-state index is 5.62. The Morgan fingerprint density at radius 3 is 2.50 bits per heavy atom. The Kier molecular flexibility index (Phi) is 2.64. The summed E-state index contributed by atoms with van der Waals surface area (Å²) in [5, 5.41) is 2.39. The zero-order valence-electron chi connectivity index (χ0n) is 10.1. The Labute approximate surface area is 106 Å². The molecule has 3 rings (SSSR count). The standard InChI is InChI=1S/C14H16N4/c15-14(18-16)17-13-8-7-10(9-5-6-9)11-3-1-2-4-12(11)13/h1-4,7-9H,5-6,16H2,(H3,15,17,18). The van der Waals surface area contributed by atoms with Crippen molar-refractivity contribution in [2.75, 3.05) is 0 Å². The molecule has 1 saturated carbocycles. The van der Waals surface area contributed by atoms with Gasteiger partial charge in [0, 0.05) is 5.39 Å². The number of hydrogen-bond donors (Lipinski definition) is 3. The van der Waals surface area contributed by atoms with Gasteiger partial charge in [-0.25, -0.2) is 10.8 Å². The third kappa shape index (κ3) is 1.91. The molecule has 5 N–H and O–H groups in total. The Bertz CT molecular complexity index is 614. The summed E-state index contributed by atoms with van der Waals surface area (Å²) in [6, 6.07) is 12.5. The van der Waals surface area contributed by atoms with Crippen LogP contribution >= 0.6 is 0 Å². The third-order valence-corrected chi connectivity index (χ3v) is 3.34. The lowest BCUT2D eigenvalue weighted by Crippen LogP contribution is -2.36. The molecule has 2 aromatic carbocycles. The van der Waals surface area contributed by atoms with Crippen LogP contribution in [0.2, 0.25) is 0 Å². The second kappa shape index (κ2) is 4.31. The minimum Gasteiger partial charge on any atom is -0.369 e. The van der Waals surface area contributed by atoms with E-state index in [9.17, 15) is 0 Å². The molecule has 0 spiro atoms. The first kappa shape index (κ1) is 11.0. The van der Waals surface area contributed by atoms with Gasteiger partial charge in [0.25, 0.3) is 0 Å². The summed E-state index contributed by atoms with van der Waals surface area (Å²) in [7, 11) is 0. The molecular weight excluding hydrogens is 224 g/mol. The second-order valence-electron chi connectivity index (χ2n) is 4.64. The van der Waals surface area contributed by atoms with Crippen molar-refractivity contribution in [3.8, 4) is 0 Å².